The Bertz CT molecular complexity index is 350. The first kappa shape index (κ1) is 14.7. The molecule has 0 bridgehead atoms. The van der Waals surface area contributed by atoms with Crippen molar-refractivity contribution >= 4 is 5.91 Å². The van der Waals surface area contributed by atoms with Crippen molar-refractivity contribution in [1.82, 2.24) is 15.2 Å². The van der Waals surface area contributed by atoms with E-state index in [1.165, 1.54) is 0 Å². The molecular formula is C13H23N3O2. The van der Waals surface area contributed by atoms with Gasteiger partial charge in [0.05, 0.1) is 6.61 Å². The smallest absolute Gasteiger partial charge is 0.267 e. The Morgan fingerprint density at radius 3 is 2.94 bits per heavy atom. The summed E-state index contributed by atoms with van der Waals surface area (Å²) >= 11 is 0. The van der Waals surface area contributed by atoms with Crippen LogP contribution in [0, 0.1) is 0 Å². The Hall–Kier alpha value is -1.33. The molecule has 0 saturated carbocycles. The highest BCUT2D eigenvalue weighted by Gasteiger charge is 2.08. The highest BCUT2D eigenvalue weighted by atomic mass is 16.5. The number of carbonyl (C=O) groups is 1. The van der Waals surface area contributed by atoms with Crippen LogP contribution in [0.5, 0.6) is 0 Å². The third kappa shape index (κ3) is 4.89. The largest absolute Gasteiger partial charge is 0.383 e. The Balaban J connectivity index is 2.25. The average Bonchev–Trinajstić information content (AvgIpc) is 2.82. The number of carbonyl (C=O) groups excluding carboxylic acids is 1. The van der Waals surface area contributed by atoms with Crippen LogP contribution in [0.2, 0.25) is 0 Å². The highest BCUT2D eigenvalue weighted by molar-refractivity contribution is 5.92. The zero-order valence-electron chi connectivity index (χ0n) is 11.2. The van der Waals surface area contributed by atoms with Crippen LogP contribution in [-0.4, -0.2) is 43.8 Å². The minimum absolute atomic E-state index is 0.0120. The van der Waals surface area contributed by atoms with Gasteiger partial charge in [0.15, 0.2) is 0 Å². The molecule has 0 aliphatic rings. The summed E-state index contributed by atoms with van der Waals surface area (Å²) in [4.78, 5) is 11.9. The first-order valence-corrected chi connectivity index (χ1v) is 6.42. The number of aryl methyl sites for hydroxylation is 1. The minimum Gasteiger partial charge on any atom is -0.383 e. The first-order chi connectivity index (χ1) is 8.79. The number of hydrogen-bond donors (Lipinski definition) is 2. The van der Waals surface area contributed by atoms with Crippen molar-refractivity contribution in [2.24, 2.45) is 0 Å². The van der Waals surface area contributed by atoms with Gasteiger partial charge >= 0.3 is 0 Å². The molecule has 2 N–H and O–H groups in total. The van der Waals surface area contributed by atoms with Crippen molar-refractivity contribution in [3.63, 3.8) is 0 Å². The fraction of sp³-hybridized carbons (Fsp3) is 0.615. The molecule has 0 radical (unpaired) electrons. The predicted molar refractivity (Wildman–Crippen MR) is 71.8 cm³/mol. The Morgan fingerprint density at radius 2 is 2.22 bits per heavy atom. The topological polar surface area (TPSA) is 55.3 Å². The van der Waals surface area contributed by atoms with Gasteiger partial charge in [0.25, 0.3) is 5.91 Å². The Kier molecular flexibility index (Phi) is 7.13. The van der Waals surface area contributed by atoms with Crippen LogP contribution in [0.1, 0.15) is 23.8 Å². The third-order valence-corrected chi connectivity index (χ3v) is 2.60. The van der Waals surface area contributed by atoms with E-state index in [2.05, 4.69) is 17.6 Å². The highest BCUT2D eigenvalue weighted by Crippen LogP contribution is 2.03. The molecule has 0 atom stereocenters. The molecule has 102 valence electrons. The first-order valence-electron chi connectivity index (χ1n) is 6.42. The molecule has 18 heavy (non-hydrogen) atoms. The lowest BCUT2D eigenvalue weighted by Gasteiger charge is -2.09. The molecule has 5 heteroatoms. The van der Waals surface area contributed by atoms with Crippen LogP contribution < -0.4 is 10.6 Å². The van der Waals surface area contributed by atoms with Crippen LogP contribution in [0.25, 0.3) is 0 Å². The zero-order chi connectivity index (χ0) is 13.2. The maximum Gasteiger partial charge on any atom is 0.267 e. The molecular weight excluding hydrogens is 230 g/mol. The fourth-order valence-electron chi connectivity index (χ4n) is 1.71. The Labute approximate surface area is 109 Å². The van der Waals surface area contributed by atoms with Gasteiger partial charge in [-0.1, -0.05) is 6.92 Å². The van der Waals surface area contributed by atoms with Gasteiger partial charge in [-0.3, -0.25) is 4.79 Å². The van der Waals surface area contributed by atoms with E-state index in [1.807, 2.05) is 22.9 Å². The van der Waals surface area contributed by atoms with E-state index in [0.717, 1.165) is 31.7 Å². The van der Waals surface area contributed by atoms with Crippen LogP contribution in [0.4, 0.5) is 0 Å². The molecule has 1 amide bonds. The number of methoxy groups -OCH3 is 1. The Morgan fingerprint density at radius 1 is 1.39 bits per heavy atom. The summed E-state index contributed by atoms with van der Waals surface area (Å²) in [7, 11) is 1.67. The minimum atomic E-state index is -0.0120. The van der Waals surface area contributed by atoms with Gasteiger partial charge in [-0.2, -0.15) is 0 Å². The summed E-state index contributed by atoms with van der Waals surface area (Å²) in [6.45, 7) is 5.85. The molecule has 5 nitrogen and oxygen atoms in total. The maximum atomic E-state index is 11.9. The van der Waals surface area contributed by atoms with Crippen molar-refractivity contribution in [2.75, 3.05) is 33.4 Å². The predicted octanol–water partition coefficient (Wildman–Crippen LogP) is 0.864. The van der Waals surface area contributed by atoms with E-state index in [-0.39, 0.29) is 5.91 Å². The lowest BCUT2D eigenvalue weighted by atomic mass is 10.3. The van der Waals surface area contributed by atoms with E-state index in [4.69, 9.17) is 4.74 Å². The number of rotatable bonds is 9. The second kappa shape index (κ2) is 8.72. The van der Waals surface area contributed by atoms with Gasteiger partial charge in [0.1, 0.15) is 5.69 Å². The second-order valence-corrected chi connectivity index (χ2v) is 4.09. The van der Waals surface area contributed by atoms with Crippen LogP contribution in [0.3, 0.4) is 0 Å². The summed E-state index contributed by atoms with van der Waals surface area (Å²) in [5.74, 6) is -0.0120. The number of hydrogen-bond acceptors (Lipinski definition) is 3. The van der Waals surface area contributed by atoms with E-state index in [0.29, 0.717) is 13.2 Å². The third-order valence-electron chi connectivity index (χ3n) is 2.60. The standard InChI is InChI=1S/C13H23N3O2/c1-3-9-16-10-4-5-12(16)13(17)15-7-6-14-8-11-18-2/h4-5,10,14H,3,6-9,11H2,1-2H3,(H,15,17). The van der Waals surface area contributed by atoms with Crippen LogP contribution in [0.15, 0.2) is 18.3 Å². The van der Waals surface area contributed by atoms with Gasteiger partial charge in [-0.15, -0.1) is 0 Å². The summed E-state index contributed by atoms with van der Waals surface area (Å²) in [6, 6.07) is 3.75. The molecule has 0 aromatic carbocycles. The lowest BCUT2D eigenvalue weighted by molar-refractivity contribution is 0.0944. The van der Waals surface area contributed by atoms with Gasteiger partial charge in [0.2, 0.25) is 0 Å². The van der Waals surface area contributed by atoms with Gasteiger partial charge in [0, 0.05) is 39.5 Å². The molecule has 0 unspecified atom stereocenters. The van der Waals surface area contributed by atoms with Crippen molar-refractivity contribution in [2.45, 2.75) is 19.9 Å². The van der Waals surface area contributed by atoms with Gasteiger partial charge < -0.3 is 19.9 Å². The molecule has 1 heterocycles. The molecule has 0 saturated heterocycles. The van der Waals surface area contributed by atoms with Crippen molar-refractivity contribution in [3.05, 3.63) is 24.0 Å². The number of amides is 1. The maximum absolute atomic E-state index is 11.9. The number of aromatic nitrogens is 1. The van der Waals surface area contributed by atoms with E-state index >= 15 is 0 Å². The lowest BCUT2D eigenvalue weighted by Crippen LogP contribution is -2.34. The fourth-order valence-corrected chi connectivity index (χ4v) is 1.71. The number of nitrogens with one attached hydrogen (secondary N) is 2. The van der Waals surface area contributed by atoms with Crippen molar-refractivity contribution in [3.8, 4) is 0 Å². The number of nitrogens with zero attached hydrogens (tertiary/aromatic N) is 1. The quantitative estimate of drug-likeness (QED) is 0.642. The molecule has 0 spiro atoms. The normalized spacial score (nSPS) is 10.6. The molecule has 0 fully saturated rings. The van der Waals surface area contributed by atoms with Gasteiger partial charge in [-0.05, 0) is 18.6 Å². The van der Waals surface area contributed by atoms with Crippen LogP contribution >= 0.6 is 0 Å². The summed E-state index contributed by atoms with van der Waals surface area (Å²) in [5, 5.41) is 6.08. The van der Waals surface area contributed by atoms with Crippen LogP contribution in [-0.2, 0) is 11.3 Å². The van der Waals surface area contributed by atoms with Crippen molar-refractivity contribution in [1.29, 1.82) is 0 Å². The number of ether oxygens (including phenoxy) is 1. The second-order valence-electron chi connectivity index (χ2n) is 4.09. The van der Waals surface area contributed by atoms with Gasteiger partial charge in [-0.25, -0.2) is 0 Å². The summed E-state index contributed by atoms with van der Waals surface area (Å²) in [6.07, 6.45) is 2.96. The summed E-state index contributed by atoms with van der Waals surface area (Å²) < 4.78 is 6.90. The zero-order valence-corrected chi connectivity index (χ0v) is 11.2. The molecule has 1 aromatic rings. The molecule has 0 aliphatic carbocycles. The SMILES string of the molecule is CCCn1cccc1C(=O)NCCNCCOC. The average molecular weight is 253 g/mol. The van der Waals surface area contributed by atoms with E-state index < -0.39 is 0 Å². The monoisotopic (exact) mass is 253 g/mol. The molecule has 0 aliphatic heterocycles. The van der Waals surface area contributed by atoms with E-state index in [9.17, 15) is 4.79 Å². The van der Waals surface area contributed by atoms with Crippen molar-refractivity contribution < 1.29 is 9.53 Å². The summed E-state index contributed by atoms with van der Waals surface area (Å²) in [5.41, 5.74) is 0.730. The molecule has 1 rings (SSSR count). The van der Waals surface area contributed by atoms with E-state index in [1.54, 1.807) is 7.11 Å². The molecule has 1 aromatic heterocycles.